The van der Waals surface area contributed by atoms with Gasteiger partial charge in [-0.3, -0.25) is 0 Å². The lowest BCUT2D eigenvalue weighted by molar-refractivity contribution is 0.834. The number of aromatic nitrogens is 3. The molecule has 0 aliphatic rings. The number of halogens is 1. The smallest absolute Gasteiger partial charge is 0.159 e. The van der Waals surface area contributed by atoms with Crippen LogP contribution in [0, 0.1) is 0 Å². The van der Waals surface area contributed by atoms with E-state index in [1.165, 1.54) is 5.56 Å². The summed E-state index contributed by atoms with van der Waals surface area (Å²) in [6, 6.07) is 12.1. The zero-order valence-corrected chi connectivity index (χ0v) is 11.6. The molecule has 1 aromatic carbocycles. The number of hydrogen-bond donors (Lipinski definition) is 0. The van der Waals surface area contributed by atoms with Crippen LogP contribution in [0.3, 0.4) is 0 Å². The minimum absolute atomic E-state index is 0.800. The molecule has 0 amide bonds. The normalized spacial score (nSPS) is 11.0. The van der Waals surface area contributed by atoms with E-state index < -0.39 is 0 Å². The second-order valence-corrected chi connectivity index (χ2v) is 5.06. The molecule has 90 valence electrons. The van der Waals surface area contributed by atoms with Crippen molar-refractivity contribution in [3.05, 3.63) is 58.5 Å². The molecule has 3 nitrogen and oxygen atoms in total. The monoisotopic (exact) mass is 301 g/mol. The van der Waals surface area contributed by atoms with Crippen molar-refractivity contribution in [2.45, 2.75) is 6.42 Å². The Balaban J connectivity index is 2.06. The van der Waals surface area contributed by atoms with Gasteiger partial charge < -0.3 is 4.57 Å². The van der Waals surface area contributed by atoms with Crippen LogP contribution in [-0.4, -0.2) is 14.5 Å². The zero-order chi connectivity index (χ0) is 12.5. The van der Waals surface area contributed by atoms with Gasteiger partial charge in [-0.15, -0.1) is 0 Å². The van der Waals surface area contributed by atoms with Crippen molar-refractivity contribution >= 4 is 27.1 Å². The largest absolute Gasteiger partial charge is 0.316 e. The lowest BCUT2D eigenvalue weighted by Gasteiger charge is -2.04. The van der Waals surface area contributed by atoms with E-state index in [1.807, 2.05) is 31.3 Å². The van der Waals surface area contributed by atoms with Gasteiger partial charge in [0.25, 0.3) is 0 Å². The Morgan fingerprint density at radius 3 is 2.78 bits per heavy atom. The lowest BCUT2D eigenvalue weighted by atomic mass is 10.1. The molecular formula is C14H12BrN3. The predicted octanol–water partition coefficient (Wildman–Crippen LogP) is 3.32. The summed E-state index contributed by atoms with van der Waals surface area (Å²) in [5, 5.41) is 0. The van der Waals surface area contributed by atoms with Gasteiger partial charge in [0.1, 0.15) is 11.3 Å². The van der Waals surface area contributed by atoms with Crippen LogP contribution < -0.4 is 0 Å². The van der Waals surface area contributed by atoms with Crippen LogP contribution in [0.5, 0.6) is 0 Å². The van der Waals surface area contributed by atoms with E-state index in [0.29, 0.717) is 0 Å². The molecule has 4 heteroatoms. The van der Waals surface area contributed by atoms with Gasteiger partial charge in [-0.25, -0.2) is 9.97 Å². The molecule has 18 heavy (non-hydrogen) atoms. The average Bonchev–Trinajstić information content (AvgIpc) is 2.70. The van der Waals surface area contributed by atoms with Crippen molar-refractivity contribution in [3.63, 3.8) is 0 Å². The first-order chi connectivity index (χ1) is 8.75. The number of rotatable bonds is 2. The molecule has 0 atom stereocenters. The standard InChI is InChI=1S/C14H12BrN3/c1-18-13(9-10-5-2-3-6-11(10)15)17-12-7-4-8-16-14(12)18/h2-8H,9H2,1H3. The number of fused-ring (bicyclic) bond motifs is 1. The molecule has 2 heterocycles. The first-order valence-corrected chi connectivity index (χ1v) is 6.55. The number of benzene rings is 1. The summed E-state index contributed by atoms with van der Waals surface area (Å²) in [6.45, 7) is 0. The molecule has 0 radical (unpaired) electrons. The first-order valence-electron chi connectivity index (χ1n) is 5.75. The van der Waals surface area contributed by atoms with Crippen molar-refractivity contribution in [2.75, 3.05) is 0 Å². The predicted molar refractivity (Wildman–Crippen MR) is 75.5 cm³/mol. The fourth-order valence-electron chi connectivity index (χ4n) is 2.04. The maximum Gasteiger partial charge on any atom is 0.159 e. The molecule has 0 aliphatic heterocycles. The van der Waals surface area contributed by atoms with Gasteiger partial charge in [0, 0.05) is 24.1 Å². The molecule has 2 aromatic heterocycles. The summed E-state index contributed by atoms with van der Waals surface area (Å²) in [7, 11) is 2.01. The third-order valence-electron chi connectivity index (χ3n) is 3.03. The minimum Gasteiger partial charge on any atom is -0.316 e. The van der Waals surface area contributed by atoms with Crippen molar-refractivity contribution in [1.29, 1.82) is 0 Å². The first kappa shape index (κ1) is 11.4. The highest BCUT2D eigenvalue weighted by molar-refractivity contribution is 9.10. The Morgan fingerprint density at radius 2 is 2.00 bits per heavy atom. The van der Waals surface area contributed by atoms with Crippen LogP contribution >= 0.6 is 15.9 Å². The van der Waals surface area contributed by atoms with E-state index in [9.17, 15) is 0 Å². The van der Waals surface area contributed by atoms with E-state index in [-0.39, 0.29) is 0 Å². The number of aryl methyl sites for hydroxylation is 1. The molecular weight excluding hydrogens is 290 g/mol. The molecule has 0 saturated carbocycles. The van der Waals surface area contributed by atoms with Crippen molar-refractivity contribution in [3.8, 4) is 0 Å². The Hall–Kier alpha value is -1.68. The van der Waals surface area contributed by atoms with E-state index in [0.717, 1.165) is 27.9 Å². The van der Waals surface area contributed by atoms with Crippen molar-refractivity contribution in [2.24, 2.45) is 7.05 Å². The third-order valence-corrected chi connectivity index (χ3v) is 3.80. The van der Waals surface area contributed by atoms with Gasteiger partial charge in [0.2, 0.25) is 0 Å². The van der Waals surface area contributed by atoms with E-state index in [1.54, 1.807) is 6.20 Å². The lowest BCUT2D eigenvalue weighted by Crippen LogP contribution is -2.00. The van der Waals surface area contributed by atoms with E-state index in [2.05, 4.69) is 42.6 Å². The molecule has 0 bridgehead atoms. The van der Waals surface area contributed by atoms with Gasteiger partial charge in [-0.1, -0.05) is 34.1 Å². The molecule has 0 spiro atoms. The van der Waals surface area contributed by atoms with Gasteiger partial charge in [-0.2, -0.15) is 0 Å². The Morgan fingerprint density at radius 1 is 1.17 bits per heavy atom. The van der Waals surface area contributed by atoms with Crippen LogP contribution in [0.25, 0.3) is 11.2 Å². The summed E-state index contributed by atoms with van der Waals surface area (Å²) in [4.78, 5) is 8.98. The molecule has 0 aliphatic carbocycles. The Bertz CT molecular complexity index is 703. The Labute approximate surface area is 114 Å². The van der Waals surface area contributed by atoms with Crippen molar-refractivity contribution in [1.82, 2.24) is 14.5 Å². The van der Waals surface area contributed by atoms with Crippen LogP contribution in [0.1, 0.15) is 11.4 Å². The highest BCUT2D eigenvalue weighted by atomic mass is 79.9. The number of pyridine rings is 1. The van der Waals surface area contributed by atoms with Crippen molar-refractivity contribution < 1.29 is 0 Å². The topological polar surface area (TPSA) is 30.7 Å². The van der Waals surface area contributed by atoms with Crippen LogP contribution in [0.2, 0.25) is 0 Å². The van der Waals surface area contributed by atoms with Gasteiger partial charge in [-0.05, 0) is 23.8 Å². The maximum absolute atomic E-state index is 4.63. The third kappa shape index (κ3) is 1.93. The maximum atomic E-state index is 4.63. The van der Waals surface area contributed by atoms with Crippen LogP contribution in [-0.2, 0) is 13.5 Å². The highest BCUT2D eigenvalue weighted by Gasteiger charge is 2.09. The van der Waals surface area contributed by atoms with Gasteiger partial charge in [0.15, 0.2) is 5.65 Å². The van der Waals surface area contributed by atoms with Gasteiger partial charge in [0.05, 0.1) is 0 Å². The summed E-state index contributed by atoms with van der Waals surface area (Å²) in [5.41, 5.74) is 3.11. The fourth-order valence-corrected chi connectivity index (χ4v) is 2.47. The molecule has 0 N–H and O–H groups in total. The molecule has 0 fully saturated rings. The number of imidazole rings is 1. The summed E-state index contributed by atoms with van der Waals surface area (Å²) < 4.78 is 3.17. The quantitative estimate of drug-likeness (QED) is 0.727. The van der Waals surface area contributed by atoms with Crippen LogP contribution in [0.15, 0.2) is 47.1 Å². The highest BCUT2D eigenvalue weighted by Crippen LogP contribution is 2.20. The van der Waals surface area contributed by atoms with Gasteiger partial charge >= 0.3 is 0 Å². The fraction of sp³-hybridized carbons (Fsp3) is 0.143. The SMILES string of the molecule is Cn1c(Cc2ccccc2Br)nc2cccnc21. The van der Waals surface area contributed by atoms with E-state index in [4.69, 9.17) is 0 Å². The molecule has 3 aromatic rings. The second kappa shape index (κ2) is 4.53. The second-order valence-electron chi connectivity index (χ2n) is 4.20. The average molecular weight is 302 g/mol. The summed E-state index contributed by atoms with van der Waals surface area (Å²) >= 11 is 3.57. The van der Waals surface area contributed by atoms with E-state index >= 15 is 0 Å². The number of nitrogens with zero attached hydrogens (tertiary/aromatic N) is 3. The number of hydrogen-bond acceptors (Lipinski definition) is 2. The summed E-state index contributed by atoms with van der Waals surface area (Å²) in [5.74, 6) is 1.02. The zero-order valence-electron chi connectivity index (χ0n) is 9.97. The molecule has 3 rings (SSSR count). The Kier molecular flexibility index (Phi) is 2.88. The molecule has 0 saturated heterocycles. The minimum atomic E-state index is 0.800. The molecule has 0 unspecified atom stereocenters. The summed E-state index contributed by atoms with van der Waals surface area (Å²) in [6.07, 6.45) is 2.60. The van der Waals surface area contributed by atoms with Crippen LogP contribution in [0.4, 0.5) is 0 Å².